The lowest BCUT2D eigenvalue weighted by atomic mass is 9.97. The van der Waals surface area contributed by atoms with Gasteiger partial charge in [-0.05, 0) is 38.3 Å². The van der Waals surface area contributed by atoms with E-state index in [9.17, 15) is 9.59 Å². The molecule has 1 amide bonds. The number of anilines is 1. The number of halogens is 1. The number of carbonyl (C=O) groups excluding carboxylic acids is 2. The summed E-state index contributed by atoms with van der Waals surface area (Å²) < 4.78 is -0.610. The first-order valence-electron chi connectivity index (χ1n) is 5.59. The topological polar surface area (TPSA) is 46.2 Å². The van der Waals surface area contributed by atoms with Gasteiger partial charge in [0.25, 0.3) is 0 Å². The van der Waals surface area contributed by atoms with Crippen LogP contribution in [-0.2, 0) is 9.54 Å². The highest BCUT2D eigenvalue weighted by molar-refractivity contribution is 9.10. The molecule has 3 nitrogen and oxygen atoms in total. The van der Waals surface area contributed by atoms with Crippen molar-refractivity contribution in [1.29, 1.82) is 0 Å². The number of hydrogen-bond acceptors (Lipinski definition) is 3. The van der Waals surface area contributed by atoms with Crippen LogP contribution in [0.25, 0.3) is 0 Å². The number of rotatable bonds is 3. The first-order valence-corrected chi connectivity index (χ1v) is 7.73. The van der Waals surface area contributed by atoms with E-state index >= 15 is 0 Å². The molecule has 1 aliphatic heterocycles. The monoisotopic (exact) mass is 327 g/mol. The van der Waals surface area contributed by atoms with Gasteiger partial charge in [-0.2, -0.15) is 0 Å². The van der Waals surface area contributed by atoms with E-state index in [0.29, 0.717) is 5.56 Å². The van der Waals surface area contributed by atoms with Crippen molar-refractivity contribution in [3.8, 4) is 0 Å². The average Bonchev–Trinajstić information content (AvgIpc) is 2.61. The molecular formula is C13H14BrNO2S. The zero-order valence-electron chi connectivity index (χ0n) is 10.4. The van der Waals surface area contributed by atoms with Gasteiger partial charge in [-0.1, -0.05) is 15.9 Å². The number of hydrogen-bond donors (Lipinski definition) is 1. The third kappa shape index (κ3) is 1.99. The summed E-state index contributed by atoms with van der Waals surface area (Å²) in [4.78, 5) is 23.7. The van der Waals surface area contributed by atoms with Gasteiger partial charge in [0.2, 0.25) is 5.91 Å². The largest absolute Gasteiger partial charge is 0.324 e. The van der Waals surface area contributed by atoms with Crippen LogP contribution < -0.4 is 5.32 Å². The van der Waals surface area contributed by atoms with Gasteiger partial charge in [-0.25, -0.2) is 0 Å². The predicted molar refractivity (Wildman–Crippen MR) is 78.7 cm³/mol. The molecule has 0 bridgehead atoms. The molecule has 0 aliphatic carbocycles. The van der Waals surface area contributed by atoms with Gasteiger partial charge in [0, 0.05) is 16.8 Å². The quantitative estimate of drug-likeness (QED) is 0.685. The molecule has 0 saturated heterocycles. The van der Waals surface area contributed by atoms with Crippen molar-refractivity contribution in [1.82, 2.24) is 0 Å². The molecule has 2 unspecified atom stereocenters. The Hall–Kier alpha value is -0.810. The van der Waals surface area contributed by atoms with Crippen molar-refractivity contribution >= 4 is 45.1 Å². The van der Waals surface area contributed by atoms with E-state index in [1.54, 1.807) is 19.1 Å². The molecule has 0 spiro atoms. The molecule has 1 N–H and O–H groups in total. The van der Waals surface area contributed by atoms with Crippen LogP contribution in [0.4, 0.5) is 5.69 Å². The fourth-order valence-corrected chi connectivity index (χ4v) is 2.89. The van der Waals surface area contributed by atoms with Crippen LogP contribution >= 0.6 is 27.7 Å². The molecule has 1 aliphatic rings. The van der Waals surface area contributed by atoms with E-state index in [1.165, 1.54) is 11.8 Å². The van der Waals surface area contributed by atoms with Crippen LogP contribution in [0.3, 0.4) is 0 Å². The van der Waals surface area contributed by atoms with E-state index in [0.717, 1.165) is 11.3 Å². The van der Waals surface area contributed by atoms with E-state index in [4.69, 9.17) is 0 Å². The molecule has 0 saturated carbocycles. The summed E-state index contributed by atoms with van der Waals surface area (Å²) in [5.74, 6) is 0.00194. The second-order valence-electron chi connectivity index (χ2n) is 4.43. The Morgan fingerprint density at radius 3 is 2.72 bits per heavy atom. The zero-order chi connectivity index (χ0) is 13.5. The summed E-state index contributed by atoms with van der Waals surface area (Å²) in [6.07, 6.45) is 1.90. The van der Waals surface area contributed by atoms with Crippen LogP contribution in [0.1, 0.15) is 29.8 Å². The van der Waals surface area contributed by atoms with E-state index in [2.05, 4.69) is 21.2 Å². The maximum absolute atomic E-state index is 12.0. The first kappa shape index (κ1) is 13.6. The molecule has 1 aromatic carbocycles. The third-order valence-corrected chi connectivity index (χ3v) is 4.91. The van der Waals surface area contributed by atoms with Crippen LogP contribution in [0, 0.1) is 0 Å². The summed E-state index contributed by atoms with van der Waals surface area (Å²) in [7, 11) is 0. The smallest absolute Gasteiger partial charge is 0.244 e. The van der Waals surface area contributed by atoms with E-state index in [-0.39, 0.29) is 16.5 Å². The molecule has 2 atom stereocenters. The van der Waals surface area contributed by atoms with Crippen molar-refractivity contribution < 1.29 is 9.59 Å². The molecule has 0 aromatic heterocycles. The zero-order valence-corrected chi connectivity index (χ0v) is 12.8. The number of Topliss-reactive ketones (excluding diaryl/α,β-unsaturated/α-hetero) is 1. The third-order valence-electron chi connectivity index (χ3n) is 3.27. The summed E-state index contributed by atoms with van der Waals surface area (Å²) in [6.45, 7) is 3.68. The Morgan fingerprint density at radius 2 is 2.17 bits per heavy atom. The van der Waals surface area contributed by atoms with Gasteiger partial charge in [-0.15, -0.1) is 11.8 Å². The van der Waals surface area contributed by atoms with Crippen molar-refractivity contribution in [2.24, 2.45) is 0 Å². The molecule has 2 rings (SSSR count). The second-order valence-corrected chi connectivity index (χ2v) is 7.03. The number of benzene rings is 1. The van der Waals surface area contributed by atoms with Gasteiger partial charge in [0.1, 0.15) is 4.75 Å². The Morgan fingerprint density at radius 1 is 1.50 bits per heavy atom. The van der Waals surface area contributed by atoms with E-state index < -0.39 is 4.75 Å². The van der Waals surface area contributed by atoms with Crippen molar-refractivity contribution in [3.05, 3.63) is 29.3 Å². The number of fused-ring (bicyclic) bond motifs is 1. The minimum absolute atomic E-state index is 0.0264. The number of thioether (sulfide) groups is 1. The molecule has 1 heterocycles. The number of alkyl halides is 1. The lowest BCUT2D eigenvalue weighted by molar-refractivity contribution is -0.117. The minimum Gasteiger partial charge on any atom is -0.324 e. The molecule has 96 valence electrons. The van der Waals surface area contributed by atoms with E-state index in [1.807, 2.05) is 19.2 Å². The summed E-state index contributed by atoms with van der Waals surface area (Å²) in [5.41, 5.74) is 2.32. The molecular weight excluding hydrogens is 314 g/mol. The van der Waals surface area contributed by atoms with Crippen LogP contribution in [0.15, 0.2) is 18.2 Å². The Balaban J connectivity index is 2.51. The van der Waals surface area contributed by atoms with Gasteiger partial charge in [-0.3, -0.25) is 9.59 Å². The lowest BCUT2D eigenvalue weighted by Gasteiger charge is -2.19. The predicted octanol–water partition coefficient (Wildman–Crippen LogP) is 3.18. The highest BCUT2D eigenvalue weighted by Crippen LogP contribution is 2.44. The molecule has 0 radical (unpaired) electrons. The van der Waals surface area contributed by atoms with Crippen molar-refractivity contribution in [3.63, 3.8) is 0 Å². The molecule has 5 heteroatoms. The number of carbonyl (C=O) groups is 2. The fraction of sp³-hybridized carbons (Fsp3) is 0.385. The lowest BCUT2D eigenvalue weighted by Crippen LogP contribution is -2.26. The highest BCUT2D eigenvalue weighted by Gasteiger charge is 2.42. The Labute approximate surface area is 119 Å². The summed E-state index contributed by atoms with van der Waals surface area (Å²) >= 11 is 4.76. The SMILES string of the molecule is CSC1(C)C(=O)Nc2ccc(C(=O)C(C)Br)cc21. The first-order chi connectivity index (χ1) is 8.40. The molecule has 18 heavy (non-hydrogen) atoms. The number of ketones is 1. The molecule has 1 aromatic rings. The fourth-order valence-electron chi connectivity index (χ4n) is 2.00. The Bertz CT molecular complexity index is 530. The van der Waals surface area contributed by atoms with Gasteiger partial charge < -0.3 is 5.32 Å². The van der Waals surface area contributed by atoms with Gasteiger partial charge >= 0.3 is 0 Å². The maximum atomic E-state index is 12.0. The van der Waals surface area contributed by atoms with Crippen LogP contribution in [0.2, 0.25) is 0 Å². The van der Waals surface area contributed by atoms with Crippen LogP contribution in [0.5, 0.6) is 0 Å². The highest BCUT2D eigenvalue weighted by atomic mass is 79.9. The van der Waals surface area contributed by atoms with Gasteiger partial charge in [0.15, 0.2) is 5.78 Å². The Kier molecular flexibility index (Phi) is 3.56. The standard InChI is InChI=1S/C13H14BrNO2S/c1-7(14)11(16)8-4-5-10-9(6-8)13(2,18-3)12(17)15-10/h4-7H,1-3H3,(H,15,17). The average molecular weight is 328 g/mol. The van der Waals surface area contributed by atoms with Crippen LogP contribution in [-0.4, -0.2) is 22.8 Å². The molecule has 0 fully saturated rings. The maximum Gasteiger partial charge on any atom is 0.244 e. The minimum atomic E-state index is -0.610. The normalized spacial score (nSPS) is 23.4. The van der Waals surface area contributed by atoms with Crippen molar-refractivity contribution in [2.45, 2.75) is 23.4 Å². The summed E-state index contributed by atoms with van der Waals surface area (Å²) in [5, 5.41) is 2.85. The second kappa shape index (κ2) is 4.70. The summed E-state index contributed by atoms with van der Waals surface area (Å²) in [6, 6.07) is 5.38. The number of amides is 1. The van der Waals surface area contributed by atoms with Crippen molar-refractivity contribution in [2.75, 3.05) is 11.6 Å². The number of nitrogens with one attached hydrogen (secondary N) is 1. The van der Waals surface area contributed by atoms with Gasteiger partial charge in [0.05, 0.1) is 4.83 Å².